The number of benzene rings is 1. The second-order valence-electron chi connectivity index (χ2n) is 4.03. The van der Waals surface area contributed by atoms with E-state index in [9.17, 15) is 9.18 Å². The molecule has 1 amide bonds. The Morgan fingerprint density at radius 2 is 2.00 bits per heavy atom. The molecule has 90 valence electrons. The molecule has 1 aliphatic heterocycles. The number of rotatable bonds is 2. The SMILES string of the molecule is CCN=C1NC(=O)C(C)(c2ccc(F)cc2)N1. The van der Waals surface area contributed by atoms with Crippen molar-refractivity contribution in [1.29, 1.82) is 0 Å². The molecule has 17 heavy (non-hydrogen) atoms. The first-order chi connectivity index (χ1) is 8.06. The van der Waals surface area contributed by atoms with Gasteiger partial charge < -0.3 is 5.32 Å². The third-order valence-electron chi connectivity index (χ3n) is 2.79. The Labute approximate surface area is 98.9 Å². The van der Waals surface area contributed by atoms with Crippen molar-refractivity contribution in [3.8, 4) is 0 Å². The van der Waals surface area contributed by atoms with Gasteiger partial charge in [0.25, 0.3) is 5.91 Å². The fourth-order valence-corrected chi connectivity index (χ4v) is 1.78. The minimum Gasteiger partial charge on any atom is -0.338 e. The first-order valence-electron chi connectivity index (χ1n) is 5.46. The van der Waals surface area contributed by atoms with E-state index < -0.39 is 5.54 Å². The smallest absolute Gasteiger partial charge is 0.256 e. The minimum atomic E-state index is -0.887. The van der Waals surface area contributed by atoms with Crippen molar-refractivity contribution in [3.05, 3.63) is 35.6 Å². The molecule has 5 heteroatoms. The summed E-state index contributed by atoms with van der Waals surface area (Å²) < 4.78 is 12.8. The molecule has 0 bridgehead atoms. The number of halogens is 1. The summed E-state index contributed by atoms with van der Waals surface area (Å²) in [5, 5.41) is 5.69. The lowest BCUT2D eigenvalue weighted by atomic mass is 9.92. The number of guanidine groups is 1. The molecule has 0 saturated carbocycles. The van der Waals surface area contributed by atoms with E-state index in [2.05, 4.69) is 15.6 Å². The Bertz CT molecular complexity index is 469. The molecule has 2 N–H and O–H groups in total. The van der Waals surface area contributed by atoms with Gasteiger partial charge in [0.2, 0.25) is 0 Å². The second-order valence-corrected chi connectivity index (χ2v) is 4.03. The van der Waals surface area contributed by atoms with Crippen LogP contribution in [-0.4, -0.2) is 18.4 Å². The van der Waals surface area contributed by atoms with E-state index in [-0.39, 0.29) is 11.7 Å². The number of hydrogen-bond acceptors (Lipinski definition) is 2. The van der Waals surface area contributed by atoms with Crippen LogP contribution in [0.15, 0.2) is 29.3 Å². The van der Waals surface area contributed by atoms with Gasteiger partial charge in [-0.05, 0) is 31.5 Å². The van der Waals surface area contributed by atoms with E-state index in [0.717, 1.165) is 0 Å². The first-order valence-corrected chi connectivity index (χ1v) is 5.46. The number of amides is 1. The predicted octanol–water partition coefficient (Wildman–Crippen LogP) is 1.14. The Balaban J connectivity index is 2.34. The molecule has 0 aromatic heterocycles. The van der Waals surface area contributed by atoms with Crippen molar-refractivity contribution >= 4 is 11.9 Å². The van der Waals surface area contributed by atoms with E-state index in [1.807, 2.05) is 6.92 Å². The summed E-state index contributed by atoms with van der Waals surface area (Å²) in [6, 6.07) is 5.86. The summed E-state index contributed by atoms with van der Waals surface area (Å²) >= 11 is 0. The average molecular weight is 235 g/mol. The van der Waals surface area contributed by atoms with Gasteiger partial charge in [0.1, 0.15) is 11.4 Å². The maximum absolute atomic E-state index is 12.8. The first kappa shape index (κ1) is 11.6. The number of nitrogens with one attached hydrogen (secondary N) is 2. The van der Waals surface area contributed by atoms with Crippen molar-refractivity contribution in [2.24, 2.45) is 4.99 Å². The van der Waals surface area contributed by atoms with E-state index in [1.165, 1.54) is 12.1 Å². The predicted molar refractivity (Wildman–Crippen MR) is 63.0 cm³/mol. The van der Waals surface area contributed by atoms with E-state index in [4.69, 9.17) is 0 Å². The lowest BCUT2D eigenvalue weighted by Gasteiger charge is -2.21. The highest BCUT2D eigenvalue weighted by Crippen LogP contribution is 2.24. The van der Waals surface area contributed by atoms with Crippen LogP contribution in [0.3, 0.4) is 0 Å². The highest BCUT2D eigenvalue weighted by atomic mass is 19.1. The molecule has 0 spiro atoms. The minimum absolute atomic E-state index is 0.184. The van der Waals surface area contributed by atoms with Gasteiger partial charge in [0.15, 0.2) is 5.96 Å². The Kier molecular flexibility index (Phi) is 2.83. The highest BCUT2D eigenvalue weighted by molar-refractivity contribution is 6.09. The Morgan fingerprint density at radius 1 is 1.35 bits per heavy atom. The van der Waals surface area contributed by atoms with Crippen molar-refractivity contribution in [2.75, 3.05) is 6.54 Å². The lowest BCUT2D eigenvalue weighted by molar-refractivity contribution is -0.123. The molecule has 1 aromatic carbocycles. The number of carbonyl (C=O) groups excluding carboxylic acids is 1. The van der Waals surface area contributed by atoms with Crippen LogP contribution >= 0.6 is 0 Å². The van der Waals surface area contributed by atoms with Crippen LogP contribution in [-0.2, 0) is 10.3 Å². The fourth-order valence-electron chi connectivity index (χ4n) is 1.78. The van der Waals surface area contributed by atoms with Gasteiger partial charge in [-0.3, -0.25) is 15.1 Å². The standard InChI is InChI=1S/C12H14FN3O/c1-3-14-11-15-10(17)12(2,16-11)8-4-6-9(13)7-5-8/h4-7H,3H2,1-2H3,(H2,14,15,16,17). The Morgan fingerprint density at radius 3 is 2.59 bits per heavy atom. The Hall–Kier alpha value is -1.91. The molecule has 1 atom stereocenters. The van der Waals surface area contributed by atoms with E-state index >= 15 is 0 Å². The molecule has 2 rings (SSSR count). The molecule has 1 saturated heterocycles. The molecule has 1 aliphatic rings. The molecule has 0 aliphatic carbocycles. The molecular weight excluding hydrogens is 221 g/mol. The van der Waals surface area contributed by atoms with Gasteiger partial charge in [-0.1, -0.05) is 12.1 Å². The topological polar surface area (TPSA) is 53.5 Å². The van der Waals surface area contributed by atoms with Crippen LogP contribution in [0.1, 0.15) is 19.4 Å². The zero-order chi connectivity index (χ0) is 12.5. The van der Waals surface area contributed by atoms with Crippen molar-refractivity contribution in [3.63, 3.8) is 0 Å². The molecule has 1 unspecified atom stereocenters. The van der Waals surface area contributed by atoms with Crippen LogP contribution in [0.5, 0.6) is 0 Å². The number of nitrogens with zero attached hydrogens (tertiary/aromatic N) is 1. The van der Waals surface area contributed by atoms with Crippen LogP contribution in [0.25, 0.3) is 0 Å². The maximum atomic E-state index is 12.8. The summed E-state index contributed by atoms with van der Waals surface area (Å²) in [5.41, 5.74) is -0.181. The van der Waals surface area contributed by atoms with Crippen molar-refractivity contribution in [1.82, 2.24) is 10.6 Å². The van der Waals surface area contributed by atoms with Crippen LogP contribution < -0.4 is 10.6 Å². The summed E-state index contributed by atoms with van der Waals surface area (Å²) in [7, 11) is 0. The monoisotopic (exact) mass is 235 g/mol. The quantitative estimate of drug-likeness (QED) is 0.807. The molecule has 4 nitrogen and oxygen atoms in total. The second kappa shape index (κ2) is 4.16. The van der Waals surface area contributed by atoms with Gasteiger partial charge in [-0.25, -0.2) is 4.39 Å². The van der Waals surface area contributed by atoms with Gasteiger partial charge in [0, 0.05) is 6.54 Å². The fraction of sp³-hybridized carbons (Fsp3) is 0.333. The van der Waals surface area contributed by atoms with Crippen LogP contribution in [0, 0.1) is 5.82 Å². The van der Waals surface area contributed by atoms with Crippen LogP contribution in [0.4, 0.5) is 4.39 Å². The van der Waals surface area contributed by atoms with Gasteiger partial charge in [-0.15, -0.1) is 0 Å². The zero-order valence-electron chi connectivity index (χ0n) is 9.75. The highest BCUT2D eigenvalue weighted by Gasteiger charge is 2.42. The van der Waals surface area contributed by atoms with Gasteiger partial charge in [0.05, 0.1) is 0 Å². The number of carbonyl (C=O) groups is 1. The normalized spacial score (nSPS) is 25.8. The molecule has 1 fully saturated rings. The van der Waals surface area contributed by atoms with Crippen LogP contribution in [0.2, 0.25) is 0 Å². The summed E-state index contributed by atoms with van der Waals surface area (Å²) in [6.07, 6.45) is 0. The third-order valence-corrected chi connectivity index (χ3v) is 2.79. The molecule has 1 heterocycles. The summed E-state index contributed by atoms with van der Waals surface area (Å²) in [4.78, 5) is 16.0. The molecule has 0 radical (unpaired) electrons. The third kappa shape index (κ3) is 2.00. The maximum Gasteiger partial charge on any atom is 0.256 e. The zero-order valence-corrected chi connectivity index (χ0v) is 9.75. The lowest BCUT2D eigenvalue weighted by Crippen LogP contribution is -2.40. The van der Waals surface area contributed by atoms with E-state index in [1.54, 1.807) is 19.1 Å². The van der Waals surface area contributed by atoms with Gasteiger partial charge in [-0.2, -0.15) is 0 Å². The average Bonchev–Trinajstić information content (AvgIpc) is 2.57. The van der Waals surface area contributed by atoms with Gasteiger partial charge >= 0.3 is 0 Å². The molecule has 1 aromatic rings. The van der Waals surface area contributed by atoms with E-state index in [0.29, 0.717) is 18.1 Å². The van der Waals surface area contributed by atoms with Crippen molar-refractivity contribution in [2.45, 2.75) is 19.4 Å². The molecular formula is C12H14FN3O. The van der Waals surface area contributed by atoms with Crippen molar-refractivity contribution < 1.29 is 9.18 Å². The number of hydrogen-bond donors (Lipinski definition) is 2. The summed E-state index contributed by atoms with van der Waals surface area (Å²) in [6.45, 7) is 4.21. The summed E-state index contributed by atoms with van der Waals surface area (Å²) in [5.74, 6) is -0.0427. The largest absolute Gasteiger partial charge is 0.338 e. The number of aliphatic imine (C=N–C) groups is 1.